The van der Waals surface area contributed by atoms with Gasteiger partial charge in [0, 0.05) is 12.8 Å². The number of nitriles is 1. The van der Waals surface area contributed by atoms with Crippen LogP contribution in [0.15, 0.2) is 72.8 Å². The molecule has 0 unspecified atom stereocenters. The number of phenols is 2. The highest BCUT2D eigenvalue weighted by Gasteiger charge is 2.23. The van der Waals surface area contributed by atoms with Crippen LogP contribution in [0.5, 0.6) is 11.5 Å². The van der Waals surface area contributed by atoms with Crippen LogP contribution in [-0.2, 0) is 0 Å². The van der Waals surface area contributed by atoms with E-state index in [0.717, 1.165) is 5.56 Å². The SMILES string of the molecule is N#Cc1ccc(C(CC(=O)c2ccccc2O)CC(=O)c2ccccc2O)cc1. The molecule has 0 bridgehead atoms. The first-order chi connectivity index (χ1) is 14.0. The summed E-state index contributed by atoms with van der Waals surface area (Å²) in [6, 6.07) is 21.3. The Hall–Kier alpha value is -3.91. The molecular formula is C24H19NO4. The summed E-state index contributed by atoms with van der Waals surface area (Å²) in [6.45, 7) is 0. The van der Waals surface area contributed by atoms with Crippen molar-refractivity contribution in [1.29, 1.82) is 5.26 Å². The number of nitrogens with zero attached hydrogens (tertiary/aromatic N) is 1. The second-order valence-corrected chi connectivity index (χ2v) is 6.72. The zero-order valence-electron chi connectivity index (χ0n) is 15.6. The van der Waals surface area contributed by atoms with E-state index in [-0.39, 0.29) is 47.0 Å². The van der Waals surface area contributed by atoms with Crippen LogP contribution in [0.2, 0.25) is 0 Å². The lowest BCUT2D eigenvalue weighted by Crippen LogP contribution is -2.13. The van der Waals surface area contributed by atoms with Crippen molar-refractivity contribution >= 4 is 11.6 Å². The van der Waals surface area contributed by atoms with Crippen molar-refractivity contribution in [2.45, 2.75) is 18.8 Å². The number of phenolic OH excluding ortho intramolecular Hbond substituents is 2. The molecule has 2 N–H and O–H groups in total. The molecule has 29 heavy (non-hydrogen) atoms. The Morgan fingerprint density at radius 3 is 1.62 bits per heavy atom. The standard InChI is InChI=1S/C24H19NO4/c25-15-16-9-11-17(12-10-16)18(13-23(28)19-5-1-3-7-21(19)26)14-24(29)20-6-2-4-8-22(20)27/h1-12,18,26-27H,13-14H2. The minimum Gasteiger partial charge on any atom is -0.507 e. The van der Waals surface area contributed by atoms with Gasteiger partial charge in [-0.15, -0.1) is 0 Å². The number of para-hydroxylation sites is 2. The summed E-state index contributed by atoms with van der Waals surface area (Å²) in [5.41, 5.74) is 1.60. The molecule has 144 valence electrons. The van der Waals surface area contributed by atoms with Gasteiger partial charge in [-0.05, 0) is 47.9 Å². The number of hydrogen-bond acceptors (Lipinski definition) is 5. The molecule has 0 heterocycles. The van der Waals surface area contributed by atoms with Gasteiger partial charge in [-0.25, -0.2) is 0 Å². The number of Topliss-reactive ketones (excluding diaryl/α,β-unsaturated/α-hetero) is 2. The molecule has 0 saturated heterocycles. The summed E-state index contributed by atoms with van der Waals surface area (Å²) in [4.78, 5) is 25.6. The van der Waals surface area contributed by atoms with Crippen LogP contribution in [0, 0.1) is 11.3 Å². The van der Waals surface area contributed by atoms with Gasteiger partial charge >= 0.3 is 0 Å². The summed E-state index contributed by atoms with van der Waals surface area (Å²) in [5.74, 6) is -1.27. The summed E-state index contributed by atoms with van der Waals surface area (Å²) in [6.07, 6.45) is 0.00557. The van der Waals surface area contributed by atoms with E-state index < -0.39 is 5.92 Å². The fraction of sp³-hybridized carbons (Fsp3) is 0.125. The number of rotatable bonds is 7. The van der Waals surface area contributed by atoms with E-state index in [1.54, 1.807) is 60.7 Å². The topological polar surface area (TPSA) is 98.4 Å². The quantitative estimate of drug-likeness (QED) is 0.579. The maximum Gasteiger partial charge on any atom is 0.167 e. The molecule has 0 radical (unpaired) electrons. The van der Waals surface area contributed by atoms with Crippen LogP contribution in [0.25, 0.3) is 0 Å². The third-order valence-corrected chi connectivity index (χ3v) is 4.78. The third-order valence-electron chi connectivity index (χ3n) is 4.78. The van der Waals surface area contributed by atoms with E-state index in [1.807, 2.05) is 6.07 Å². The Morgan fingerprint density at radius 1 is 0.759 bits per heavy atom. The number of aromatic hydroxyl groups is 2. The predicted molar refractivity (Wildman–Crippen MR) is 108 cm³/mol. The minimum atomic E-state index is -0.470. The van der Waals surface area contributed by atoms with Crippen molar-refractivity contribution in [2.24, 2.45) is 0 Å². The van der Waals surface area contributed by atoms with Crippen LogP contribution in [0.3, 0.4) is 0 Å². The molecule has 0 aliphatic rings. The normalized spacial score (nSPS) is 10.5. The first-order valence-corrected chi connectivity index (χ1v) is 9.12. The zero-order chi connectivity index (χ0) is 20.8. The monoisotopic (exact) mass is 385 g/mol. The molecule has 0 atom stereocenters. The van der Waals surface area contributed by atoms with Gasteiger partial charge in [-0.1, -0.05) is 36.4 Å². The van der Waals surface area contributed by atoms with Crippen LogP contribution in [0.1, 0.15) is 50.6 Å². The van der Waals surface area contributed by atoms with Crippen LogP contribution in [-0.4, -0.2) is 21.8 Å². The van der Waals surface area contributed by atoms with Crippen LogP contribution in [0.4, 0.5) is 0 Å². The number of carbonyl (C=O) groups excluding carboxylic acids is 2. The number of carbonyl (C=O) groups is 2. The molecule has 0 aliphatic carbocycles. The summed E-state index contributed by atoms with van der Waals surface area (Å²) in [7, 11) is 0. The van der Waals surface area contributed by atoms with Gasteiger partial charge in [0.1, 0.15) is 11.5 Å². The molecule has 5 nitrogen and oxygen atoms in total. The van der Waals surface area contributed by atoms with Gasteiger partial charge in [0.25, 0.3) is 0 Å². The maximum atomic E-state index is 12.8. The van der Waals surface area contributed by atoms with Gasteiger partial charge < -0.3 is 10.2 Å². The van der Waals surface area contributed by atoms with Crippen molar-refractivity contribution in [3.05, 3.63) is 95.1 Å². The van der Waals surface area contributed by atoms with E-state index >= 15 is 0 Å². The first-order valence-electron chi connectivity index (χ1n) is 9.12. The van der Waals surface area contributed by atoms with Crippen molar-refractivity contribution in [2.75, 3.05) is 0 Å². The van der Waals surface area contributed by atoms with Crippen molar-refractivity contribution in [3.63, 3.8) is 0 Å². The minimum absolute atomic E-state index is 0.00279. The van der Waals surface area contributed by atoms with Gasteiger partial charge in [-0.2, -0.15) is 5.26 Å². The van der Waals surface area contributed by atoms with E-state index in [4.69, 9.17) is 5.26 Å². The molecular weight excluding hydrogens is 366 g/mol. The third kappa shape index (κ3) is 4.69. The molecule has 3 aromatic rings. The van der Waals surface area contributed by atoms with Crippen molar-refractivity contribution < 1.29 is 19.8 Å². The molecule has 5 heteroatoms. The average molecular weight is 385 g/mol. The lowest BCUT2D eigenvalue weighted by molar-refractivity contribution is 0.0942. The van der Waals surface area contributed by atoms with Crippen LogP contribution < -0.4 is 0 Å². The van der Waals surface area contributed by atoms with Crippen LogP contribution >= 0.6 is 0 Å². The van der Waals surface area contributed by atoms with E-state index in [1.165, 1.54) is 12.1 Å². The number of ketones is 2. The predicted octanol–water partition coefficient (Wildman–Crippen LogP) is 4.60. The Morgan fingerprint density at radius 2 is 1.21 bits per heavy atom. The Bertz CT molecular complexity index is 1020. The fourth-order valence-electron chi connectivity index (χ4n) is 3.22. The summed E-state index contributed by atoms with van der Waals surface area (Å²) in [5, 5.41) is 28.9. The molecule has 0 aliphatic heterocycles. The molecule has 0 fully saturated rings. The van der Waals surface area contributed by atoms with Crippen molar-refractivity contribution in [1.82, 2.24) is 0 Å². The first kappa shape index (κ1) is 19.8. The molecule has 0 saturated carbocycles. The van der Waals surface area contributed by atoms with Gasteiger partial charge in [0.15, 0.2) is 11.6 Å². The Labute approximate surface area is 168 Å². The van der Waals surface area contributed by atoms with Gasteiger partial charge in [0.2, 0.25) is 0 Å². The second kappa shape index (κ2) is 8.85. The highest BCUT2D eigenvalue weighted by atomic mass is 16.3. The molecule has 3 rings (SSSR count). The number of benzene rings is 3. The smallest absolute Gasteiger partial charge is 0.167 e. The Kier molecular flexibility index (Phi) is 6.06. The highest BCUT2D eigenvalue weighted by Crippen LogP contribution is 2.30. The average Bonchev–Trinajstić information content (AvgIpc) is 2.73. The van der Waals surface area contributed by atoms with Gasteiger partial charge in [-0.3, -0.25) is 9.59 Å². The van der Waals surface area contributed by atoms with Gasteiger partial charge in [0.05, 0.1) is 22.8 Å². The molecule has 0 amide bonds. The molecule has 0 spiro atoms. The summed E-state index contributed by atoms with van der Waals surface area (Å²) >= 11 is 0. The molecule has 3 aromatic carbocycles. The number of hydrogen-bond donors (Lipinski definition) is 2. The lowest BCUT2D eigenvalue weighted by Gasteiger charge is -2.17. The zero-order valence-corrected chi connectivity index (χ0v) is 15.6. The summed E-state index contributed by atoms with van der Waals surface area (Å²) < 4.78 is 0. The largest absolute Gasteiger partial charge is 0.507 e. The lowest BCUT2D eigenvalue weighted by atomic mass is 9.85. The van der Waals surface area contributed by atoms with E-state index in [9.17, 15) is 19.8 Å². The van der Waals surface area contributed by atoms with E-state index in [2.05, 4.69) is 0 Å². The maximum absolute atomic E-state index is 12.8. The Balaban J connectivity index is 1.90. The second-order valence-electron chi connectivity index (χ2n) is 6.72. The fourth-order valence-corrected chi connectivity index (χ4v) is 3.22. The van der Waals surface area contributed by atoms with Crippen molar-refractivity contribution in [3.8, 4) is 17.6 Å². The highest BCUT2D eigenvalue weighted by molar-refractivity contribution is 6.01. The van der Waals surface area contributed by atoms with E-state index in [0.29, 0.717) is 5.56 Å². The molecule has 0 aromatic heterocycles.